The molecular weight excluding hydrogens is 170 g/mol. The first-order valence-electron chi connectivity index (χ1n) is 4.35. The third-order valence-corrected chi connectivity index (χ3v) is 1.80. The molecule has 2 amide bonds. The van der Waals surface area contributed by atoms with Gasteiger partial charge in [0.2, 0.25) is 11.8 Å². The van der Waals surface area contributed by atoms with Gasteiger partial charge in [0.1, 0.15) is 0 Å². The van der Waals surface area contributed by atoms with Gasteiger partial charge in [-0.25, -0.2) is 0 Å². The first-order valence-corrected chi connectivity index (χ1v) is 4.35. The monoisotopic (exact) mass is 187 g/mol. The Balaban J connectivity index is 4.22. The average molecular weight is 187 g/mol. The van der Waals surface area contributed by atoms with E-state index in [0.717, 1.165) is 0 Å². The van der Waals surface area contributed by atoms with Gasteiger partial charge in [-0.05, 0) is 13.3 Å². The molecule has 1 atom stereocenters. The van der Waals surface area contributed by atoms with Gasteiger partial charge in [0.25, 0.3) is 0 Å². The zero-order valence-corrected chi connectivity index (χ0v) is 8.12. The highest BCUT2D eigenvalue weighted by Crippen LogP contribution is 1.96. The summed E-state index contributed by atoms with van der Waals surface area (Å²) in [4.78, 5) is 23.4. The van der Waals surface area contributed by atoms with Crippen LogP contribution >= 0.6 is 0 Å². The van der Waals surface area contributed by atoms with Gasteiger partial charge in [-0.1, -0.05) is 6.92 Å². The van der Waals surface area contributed by atoms with Crippen molar-refractivity contribution in [3.05, 3.63) is 0 Å². The molecule has 0 unspecified atom stereocenters. The minimum Gasteiger partial charge on any atom is -0.368 e. The van der Waals surface area contributed by atoms with E-state index in [1.54, 1.807) is 6.92 Å². The molecule has 0 rings (SSSR count). The Morgan fingerprint density at radius 3 is 2.23 bits per heavy atom. The molecule has 0 saturated carbocycles. The lowest BCUT2D eigenvalue weighted by Crippen LogP contribution is -2.46. The second-order valence-electron chi connectivity index (χ2n) is 2.83. The molecule has 76 valence electrons. The van der Waals surface area contributed by atoms with Crippen molar-refractivity contribution in [1.29, 1.82) is 0 Å². The lowest BCUT2D eigenvalue weighted by atomic mass is 10.2. The van der Waals surface area contributed by atoms with Crippen LogP contribution in [0.4, 0.5) is 0 Å². The van der Waals surface area contributed by atoms with Crippen LogP contribution in [0.15, 0.2) is 0 Å². The van der Waals surface area contributed by atoms with Crippen LogP contribution in [-0.2, 0) is 9.59 Å². The van der Waals surface area contributed by atoms with Gasteiger partial charge in [0.15, 0.2) is 0 Å². The topological polar surface area (TPSA) is 89.4 Å². The number of hydrogen-bond acceptors (Lipinski definition) is 3. The second-order valence-corrected chi connectivity index (χ2v) is 2.83. The molecule has 0 bridgehead atoms. The van der Waals surface area contributed by atoms with Gasteiger partial charge in [0.05, 0.1) is 12.6 Å². The van der Waals surface area contributed by atoms with Crippen molar-refractivity contribution in [2.45, 2.75) is 26.3 Å². The first kappa shape index (κ1) is 11.9. The molecule has 0 saturated heterocycles. The van der Waals surface area contributed by atoms with Gasteiger partial charge < -0.3 is 16.4 Å². The molecule has 0 spiro atoms. The fourth-order valence-corrected chi connectivity index (χ4v) is 0.943. The molecule has 5 nitrogen and oxygen atoms in total. The predicted octanol–water partition coefficient (Wildman–Crippen LogP) is -0.942. The van der Waals surface area contributed by atoms with Crippen LogP contribution in [0.5, 0.6) is 0 Å². The van der Waals surface area contributed by atoms with Crippen LogP contribution in [0.1, 0.15) is 20.3 Å². The van der Waals surface area contributed by atoms with E-state index in [0.29, 0.717) is 13.0 Å². The van der Waals surface area contributed by atoms with E-state index in [1.807, 2.05) is 6.92 Å². The lowest BCUT2D eigenvalue weighted by Gasteiger charge is -2.22. The molecule has 0 aliphatic heterocycles. The van der Waals surface area contributed by atoms with Crippen LogP contribution in [0.25, 0.3) is 0 Å². The maximum atomic E-state index is 11.4. The summed E-state index contributed by atoms with van der Waals surface area (Å²) >= 11 is 0. The predicted molar refractivity (Wildman–Crippen MR) is 49.7 cm³/mol. The van der Waals surface area contributed by atoms with Gasteiger partial charge >= 0.3 is 0 Å². The largest absolute Gasteiger partial charge is 0.368 e. The van der Waals surface area contributed by atoms with Crippen molar-refractivity contribution < 1.29 is 9.59 Å². The van der Waals surface area contributed by atoms with Gasteiger partial charge in [-0.15, -0.1) is 0 Å². The third kappa shape index (κ3) is 3.89. The highest BCUT2D eigenvalue weighted by Gasteiger charge is 2.19. The van der Waals surface area contributed by atoms with E-state index in [-0.39, 0.29) is 12.5 Å². The highest BCUT2D eigenvalue weighted by atomic mass is 16.2. The summed E-state index contributed by atoms with van der Waals surface area (Å²) in [5.41, 5.74) is 10.5. The first-order chi connectivity index (χ1) is 6.02. The lowest BCUT2D eigenvalue weighted by molar-refractivity contribution is -0.136. The number of likely N-dealkylation sites (N-methyl/N-ethyl adjacent to an activating group) is 1. The Kier molecular flexibility index (Phi) is 5.06. The summed E-state index contributed by atoms with van der Waals surface area (Å²) in [6, 6.07) is -0.528. The van der Waals surface area contributed by atoms with Crippen LogP contribution < -0.4 is 11.5 Å². The van der Waals surface area contributed by atoms with E-state index >= 15 is 0 Å². The summed E-state index contributed by atoms with van der Waals surface area (Å²) in [5.74, 6) is -0.734. The van der Waals surface area contributed by atoms with E-state index in [4.69, 9.17) is 11.5 Å². The van der Waals surface area contributed by atoms with Crippen molar-refractivity contribution in [3.63, 3.8) is 0 Å². The molecule has 0 aromatic heterocycles. The Hall–Kier alpha value is -1.10. The van der Waals surface area contributed by atoms with Crippen molar-refractivity contribution in [3.8, 4) is 0 Å². The van der Waals surface area contributed by atoms with Crippen LogP contribution in [-0.4, -0.2) is 35.8 Å². The number of amides is 2. The van der Waals surface area contributed by atoms with Crippen LogP contribution in [0.2, 0.25) is 0 Å². The summed E-state index contributed by atoms with van der Waals surface area (Å²) in [6.07, 6.45) is 0.564. The number of primary amides is 1. The van der Waals surface area contributed by atoms with E-state index in [1.165, 1.54) is 4.90 Å². The molecule has 0 aliphatic carbocycles. The molecule has 0 aliphatic rings. The standard InChI is InChI=1S/C8H17N3O2/c1-3-6(9)8(13)11(4-2)5-7(10)12/h6H,3-5,9H2,1-2H3,(H2,10,12)/t6-/m0/s1. The van der Waals surface area contributed by atoms with Gasteiger partial charge in [-0.2, -0.15) is 0 Å². The molecule has 0 heterocycles. The Labute approximate surface area is 78.1 Å². The SMILES string of the molecule is CC[C@H](N)C(=O)N(CC)CC(N)=O. The zero-order valence-electron chi connectivity index (χ0n) is 8.12. The zero-order chi connectivity index (χ0) is 10.4. The maximum Gasteiger partial charge on any atom is 0.239 e. The molecule has 0 aromatic rings. The quantitative estimate of drug-likeness (QED) is 0.582. The Morgan fingerprint density at radius 1 is 1.38 bits per heavy atom. The second kappa shape index (κ2) is 5.53. The number of hydrogen-bond donors (Lipinski definition) is 2. The minimum absolute atomic E-state index is 0.0525. The Bertz CT molecular complexity index is 194. The third-order valence-electron chi connectivity index (χ3n) is 1.80. The fraction of sp³-hybridized carbons (Fsp3) is 0.750. The summed E-state index contributed by atoms with van der Waals surface area (Å²) < 4.78 is 0. The van der Waals surface area contributed by atoms with Crippen molar-refractivity contribution >= 4 is 11.8 Å². The number of carbonyl (C=O) groups is 2. The molecule has 0 fully saturated rings. The fourth-order valence-electron chi connectivity index (χ4n) is 0.943. The van der Waals surface area contributed by atoms with Gasteiger partial charge in [-0.3, -0.25) is 9.59 Å². The Morgan fingerprint density at radius 2 is 1.92 bits per heavy atom. The maximum absolute atomic E-state index is 11.4. The number of nitrogens with zero attached hydrogens (tertiary/aromatic N) is 1. The molecule has 5 heteroatoms. The molecule has 4 N–H and O–H groups in total. The number of carbonyl (C=O) groups excluding carboxylic acids is 2. The summed E-state index contributed by atoms with van der Waals surface area (Å²) in [5, 5.41) is 0. The van der Waals surface area contributed by atoms with E-state index in [2.05, 4.69) is 0 Å². The normalized spacial score (nSPS) is 12.2. The smallest absolute Gasteiger partial charge is 0.239 e. The van der Waals surface area contributed by atoms with Crippen molar-refractivity contribution in [2.75, 3.05) is 13.1 Å². The van der Waals surface area contributed by atoms with E-state index < -0.39 is 11.9 Å². The minimum atomic E-state index is -0.528. The molecule has 0 radical (unpaired) electrons. The number of rotatable bonds is 5. The molecular formula is C8H17N3O2. The van der Waals surface area contributed by atoms with Crippen molar-refractivity contribution in [1.82, 2.24) is 4.90 Å². The summed E-state index contributed by atoms with van der Waals surface area (Å²) in [6.45, 7) is 4.00. The van der Waals surface area contributed by atoms with Crippen molar-refractivity contribution in [2.24, 2.45) is 11.5 Å². The average Bonchev–Trinajstić information content (AvgIpc) is 2.11. The molecule has 0 aromatic carbocycles. The summed E-state index contributed by atoms with van der Waals surface area (Å²) in [7, 11) is 0. The van der Waals surface area contributed by atoms with Crippen LogP contribution in [0.3, 0.4) is 0 Å². The van der Waals surface area contributed by atoms with Crippen LogP contribution in [0, 0.1) is 0 Å². The van der Waals surface area contributed by atoms with E-state index in [9.17, 15) is 9.59 Å². The van der Waals surface area contributed by atoms with Gasteiger partial charge in [0, 0.05) is 6.54 Å². The molecule has 13 heavy (non-hydrogen) atoms. The highest BCUT2D eigenvalue weighted by molar-refractivity contribution is 5.86. The number of nitrogens with two attached hydrogens (primary N) is 2.